The lowest BCUT2D eigenvalue weighted by atomic mass is 10.2. The normalized spacial score (nSPS) is 10.2. The van der Waals surface area contributed by atoms with Crippen molar-refractivity contribution in [2.75, 3.05) is 17.2 Å². The molecule has 0 radical (unpaired) electrons. The summed E-state index contributed by atoms with van der Waals surface area (Å²) in [6, 6.07) is 8.91. The number of nitrogens with zero attached hydrogens (tertiary/aromatic N) is 1. The molecular formula is C13H14N2O2. The third-order valence-electron chi connectivity index (χ3n) is 2.51. The number of amides is 1. The topological polar surface area (TPSA) is 59.5 Å². The van der Waals surface area contributed by atoms with Gasteiger partial charge in [-0.15, -0.1) is 0 Å². The summed E-state index contributed by atoms with van der Waals surface area (Å²) in [5.74, 6) is -0.0909. The fourth-order valence-electron chi connectivity index (χ4n) is 1.68. The fourth-order valence-corrected chi connectivity index (χ4v) is 1.68. The number of hydrogen-bond donors (Lipinski definition) is 1. The quantitative estimate of drug-likeness (QED) is 0.824. The second-order valence-electron chi connectivity index (χ2n) is 3.66. The number of carbonyl (C=O) groups excluding carboxylic acids is 1. The number of nitrogens with two attached hydrogens (primary N) is 1. The van der Waals surface area contributed by atoms with E-state index in [4.69, 9.17) is 10.2 Å². The van der Waals surface area contributed by atoms with Gasteiger partial charge in [-0.3, -0.25) is 4.79 Å². The van der Waals surface area contributed by atoms with Crippen molar-refractivity contribution in [2.45, 2.75) is 6.92 Å². The van der Waals surface area contributed by atoms with Crippen LogP contribution in [0.4, 0.5) is 11.4 Å². The van der Waals surface area contributed by atoms with Crippen molar-refractivity contribution in [1.82, 2.24) is 0 Å². The Morgan fingerprint density at radius 2 is 2.24 bits per heavy atom. The number of anilines is 2. The van der Waals surface area contributed by atoms with E-state index >= 15 is 0 Å². The number of rotatable bonds is 3. The molecule has 1 aromatic carbocycles. The molecular weight excluding hydrogens is 216 g/mol. The number of furan rings is 1. The molecule has 1 aromatic heterocycles. The van der Waals surface area contributed by atoms with Crippen molar-refractivity contribution >= 4 is 17.3 Å². The zero-order valence-corrected chi connectivity index (χ0v) is 9.59. The van der Waals surface area contributed by atoms with Crippen LogP contribution in [-0.4, -0.2) is 12.5 Å². The molecule has 17 heavy (non-hydrogen) atoms. The first kappa shape index (κ1) is 11.3. The van der Waals surface area contributed by atoms with Crippen LogP contribution in [0.25, 0.3) is 0 Å². The van der Waals surface area contributed by atoms with Gasteiger partial charge in [0.2, 0.25) is 0 Å². The molecule has 0 aliphatic heterocycles. The Balaban J connectivity index is 2.31. The molecule has 2 N–H and O–H groups in total. The molecule has 0 fully saturated rings. The van der Waals surface area contributed by atoms with Crippen LogP contribution in [0.5, 0.6) is 0 Å². The zero-order valence-electron chi connectivity index (χ0n) is 9.59. The van der Waals surface area contributed by atoms with E-state index in [1.54, 1.807) is 23.1 Å². The summed E-state index contributed by atoms with van der Waals surface area (Å²) in [5, 5.41) is 0. The van der Waals surface area contributed by atoms with E-state index in [1.807, 2.05) is 19.1 Å². The van der Waals surface area contributed by atoms with Gasteiger partial charge in [0.05, 0.1) is 11.8 Å². The summed E-state index contributed by atoms with van der Waals surface area (Å²) in [6.45, 7) is 2.49. The lowest BCUT2D eigenvalue weighted by Gasteiger charge is -2.20. The number of benzene rings is 1. The summed E-state index contributed by atoms with van der Waals surface area (Å²) < 4.78 is 4.92. The molecule has 2 rings (SSSR count). The van der Waals surface area contributed by atoms with Crippen LogP contribution < -0.4 is 10.6 Å². The largest absolute Gasteiger partial charge is 0.472 e. The van der Waals surface area contributed by atoms with E-state index in [1.165, 1.54) is 12.5 Å². The van der Waals surface area contributed by atoms with Gasteiger partial charge in [0.15, 0.2) is 0 Å². The van der Waals surface area contributed by atoms with E-state index in [-0.39, 0.29) is 5.91 Å². The SMILES string of the molecule is CCN(C(=O)c1ccoc1)c1cccc(N)c1. The van der Waals surface area contributed by atoms with E-state index in [0.717, 1.165) is 5.69 Å². The first-order chi connectivity index (χ1) is 8.22. The second kappa shape index (κ2) is 4.74. The van der Waals surface area contributed by atoms with Gasteiger partial charge in [-0.05, 0) is 31.2 Å². The number of hydrogen-bond acceptors (Lipinski definition) is 3. The Morgan fingerprint density at radius 3 is 2.82 bits per heavy atom. The van der Waals surface area contributed by atoms with Gasteiger partial charge in [0.1, 0.15) is 6.26 Å². The Bertz CT molecular complexity index is 506. The smallest absolute Gasteiger partial charge is 0.261 e. The Morgan fingerprint density at radius 1 is 1.41 bits per heavy atom. The number of nitrogen functional groups attached to an aromatic ring is 1. The molecule has 0 aliphatic carbocycles. The Kier molecular flexibility index (Phi) is 3.14. The molecule has 4 heteroatoms. The van der Waals surface area contributed by atoms with Gasteiger partial charge < -0.3 is 15.1 Å². The zero-order chi connectivity index (χ0) is 12.3. The highest BCUT2D eigenvalue weighted by molar-refractivity contribution is 6.05. The van der Waals surface area contributed by atoms with Gasteiger partial charge in [-0.1, -0.05) is 6.07 Å². The van der Waals surface area contributed by atoms with Gasteiger partial charge in [0.25, 0.3) is 5.91 Å². The van der Waals surface area contributed by atoms with Crippen LogP contribution >= 0.6 is 0 Å². The van der Waals surface area contributed by atoms with Crippen molar-refractivity contribution in [3.05, 3.63) is 48.4 Å². The Labute approximate surface area is 99.6 Å². The van der Waals surface area contributed by atoms with Crippen LogP contribution in [0.2, 0.25) is 0 Å². The van der Waals surface area contributed by atoms with Gasteiger partial charge in [0, 0.05) is 17.9 Å². The minimum atomic E-state index is -0.0909. The van der Waals surface area contributed by atoms with Gasteiger partial charge >= 0.3 is 0 Å². The van der Waals surface area contributed by atoms with Crippen molar-refractivity contribution < 1.29 is 9.21 Å². The highest BCUT2D eigenvalue weighted by atomic mass is 16.3. The third kappa shape index (κ3) is 2.30. The molecule has 0 spiro atoms. The number of carbonyl (C=O) groups is 1. The minimum absolute atomic E-state index is 0.0909. The predicted molar refractivity (Wildman–Crippen MR) is 66.9 cm³/mol. The van der Waals surface area contributed by atoms with E-state index in [2.05, 4.69) is 0 Å². The molecule has 2 aromatic rings. The van der Waals surface area contributed by atoms with Crippen molar-refractivity contribution in [2.24, 2.45) is 0 Å². The van der Waals surface area contributed by atoms with Crippen LogP contribution in [0.3, 0.4) is 0 Å². The summed E-state index contributed by atoms with van der Waals surface area (Å²) in [6.07, 6.45) is 2.93. The molecule has 0 aliphatic rings. The highest BCUT2D eigenvalue weighted by Crippen LogP contribution is 2.19. The molecule has 0 atom stereocenters. The third-order valence-corrected chi connectivity index (χ3v) is 2.51. The minimum Gasteiger partial charge on any atom is -0.472 e. The van der Waals surface area contributed by atoms with E-state index in [0.29, 0.717) is 17.8 Å². The summed E-state index contributed by atoms with van der Waals surface area (Å²) in [4.78, 5) is 13.8. The Hall–Kier alpha value is -2.23. The van der Waals surface area contributed by atoms with Crippen LogP contribution in [-0.2, 0) is 0 Å². The molecule has 0 saturated heterocycles. The maximum atomic E-state index is 12.2. The molecule has 1 heterocycles. The molecule has 0 bridgehead atoms. The first-order valence-electron chi connectivity index (χ1n) is 5.42. The maximum Gasteiger partial charge on any atom is 0.261 e. The standard InChI is InChI=1S/C13H14N2O2/c1-2-15(12-5-3-4-11(14)8-12)13(16)10-6-7-17-9-10/h3-9H,2,14H2,1H3. The van der Waals surface area contributed by atoms with Crippen LogP contribution in [0.1, 0.15) is 17.3 Å². The summed E-state index contributed by atoms with van der Waals surface area (Å²) >= 11 is 0. The second-order valence-corrected chi connectivity index (χ2v) is 3.66. The van der Waals surface area contributed by atoms with Gasteiger partial charge in [-0.2, -0.15) is 0 Å². The molecule has 88 valence electrons. The summed E-state index contributed by atoms with van der Waals surface area (Å²) in [7, 11) is 0. The molecule has 0 saturated carbocycles. The first-order valence-corrected chi connectivity index (χ1v) is 5.42. The average molecular weight is 230 g/mol. The van der Waals surface area contributed by atoms with Crippen molar-refractivity contribution in [3.63, 3.8) is 0 Å². The maximum absolute atomic E-state index is 12.2. The van der Waals surface area contributed by atoms with Crippen LogP contribution in [0.15, 0.2) is 47.3 Å². The molecule has 0 unspecified atom stereocenters. The highest BCUT2D eigenvalue weighted by Gasteiger charge is 2.16. The van der Waals surface area contributed by atoms with Crippen LogP contribution in [0, 0.1) is 0 Å². The average Bonchev–Trinajstić information content (AvgIpc) is 2.83. The monoisotopic (exact) mass is 230 g/mol. The predicted octanol–water partition coefficient (Wildman–Crippen LogP) is 2.53. The van der Waals surface area contributed by atoms with Crippen molar-refractivity contribution in [1.29, 1.82) is 0 Å². The van der Waals surface area contributed by atoms with E-state index in [9.17, 15) is 4.79 Å². The lowest BCUT2D eigenvalue weighted by Crippen LogP contribution is -2.30. The summed E-state index contributed by atoms with van der Waals surface area (Å²) in [5.41, 5.74) is 7.68. The molecule has 1 amide bonds. The fraction of sp³-hybridized carbons (Fsp3) is 0.154. The van der Waals surface area contributed by atoms with Gasteiger partial charge in [-0.25, -0.2) is 0 Å². The lowest BCUT2D eigenvalue weighted by molar-refractivity contribution is 0.0987. The molecule has 4 nitrogen and oxygen atoms in total. The van der Waals surface area contributed by atoms with Crippen molar-refractivity contribution in [3.8, 4) is 0 Å². The van der Waals surface area contributed by atoms with E-state index < -0.39 is 0 Å².